The van der Waals surface area contributed by atoms with Crippen LogP contribution in [0.1, 0.15) is 6.42 Å². The van der Waals surface area contributed by atoms with E-state index in [2.05, 4.69) is 20.7 Å². The molecule has 1 aromatic carbocycles. The van der Waals surface area contributed by atoms with Gasteiger partial charge in [0.15, 0.2) is 0 Å². The zero-order valence-corrected chi connectivity index (χ0v) is 13.5. The Morgan fingerprint density at radius 2 is 2.10 bits per heavy atom. The van der Waals surface area contributed by atoms with Crippen molar-refractivity contribution in [3.8, 4) is 0 Å². The minimum Gasteiger partial charge on any atom is -0.469 e. The van der Waals surface area contributed by atoms with Gasteiger partial charge in [-0.3, -0.25) is 14.9 Å². The highest BCUT2D eigenvalue weighted by Gasteiger charge is 2.15. The average Bonchev–Trinajstić information content (AvgIpc) is 2.47. The number of methoxy groups -OCH3 is 2. The van der Waals surface area contributed by atoms with E-state index in [0.717, 1.165) is 5.69 Å². The molecule has 0 spiro atoms. The number of anilines is 1. The molecule has 1 aromatic rings. The first kappa shape index (κ1) is 17.4. The number of nitro groups is 1. The van der Waals surface area contributed by atoms with Gasteiger partial charge in [-0.25, -0.2) is 0 Å². The highest BCUT2D eigenvalue weighted by Crippen LogP contribution is 2.30. The number of halogens is 1. The first-order valence-corrected chi connectivity index (χ1v) is 7.03. The highest BCUT2D eigenvalue weighted by atomic mass is 79.9. The quantitative estimate of drug-likeness (QED) is 0.402. The molecule has 0 fully saturated rings. The van der Waals surface area contributed by atoms with Crippen LogP contribution in [0.3, 0.4) is 0 Å². The molecular weight excluding hydrogens is 344 g/mol. The maximum atomic E-state index is 11.3. The van der Waals surface area contributed by atoms with Crippen molar-refractivity contribution in [2.75, 3.05) is 38.8 Å². The van der Waals surface area contributed by atoms with Crippen molar-refractivity contribution < 1.29 is 19.2 Å². The van der Waals surface area contributed by atoms with Gasteiger partial charge in [0.05, 0.1) is 30.7 Å². The summed E-state index contributed by atoms with van der Waals surface area (Å²) in [5.74, 6) is -0.310. The van der Waals surface area contributed by atoms with Crippen LogP contribution in [-0.4, -0.2) is 44.8 Å². The summed E-state index contributed by atoms with van der Waals surface area (Å²) in [6, 6.07) is 4.51. The second-order valence-corrected chi connectivity index (χ2v) is 5.05. The van der Waals surface area contributed by atoms with E-state index in [1.165, 1.54) is 19.2 Å². The molecule has 0 saturated heterocycles. The smallest absolute Gasteiger partial charge is 0.307 e. The molecular formula is C13H17BrN2O5. The van der Waals surface area contributed by atoms with Crippen LogP contribution in [0.5, 0.6) is 0 Å². The van der Waals surface area contributed by atoms with Crippen LogP contribution in [-0.2, 0) is 14.3 Å². The predicted octanol–water partition coefficient (Wildman–Crippen LogP) is 2.37. The van der Waals surface area contributed by atoms with Crippen LogP contribution in [0.4, 0.5) is 11.4 Å². The number of carbonyl (C=O) groups excluding carboxylic acids is 1. The monoisotopic (exact) mass is 360 g/mol. The van der Waals surface area contributed by atoms with Gasteiger partial charge in [0.2, 0.25) is 0 Å². The van der Waals surface area contributed by atoms with Crippen molar-refractivity contribution in [1.82, 2.24) is 0 Å². The van der Waals surface area contributed by atoms with Gasteiger partial charge in [-0.2, -0.15) is 0 Å². The number of hydrogen-bond donors (Lipinski definition) is 0. The number of carbonyl (C=O) groups is 1. The Morgan fingerprint density at radius 1 is 1.38 bits per heavy atom. The number of esters is 1. The minimum atomic E-state index is -0.456. The Bertz CT molecular complexity index is 509. The summed E-state index contributed by atoms with van der Waals surface area (Å²) >= 11 is 3.33. The number of rotatable bonds is 8. The van der Waals surface area contributed by atoms with Crippen LogP contribution in [0.2, 0.25) is 0 Å². The molecule has 0 aliphatic carbocycles. The average molecular weight is 361 g/mol. The maximum absolute atomic E-state index is 11.3. The molecule has 0 aliphatic rings. The van der Waals surface area contributed by atoms with Gasteiger partial charge in [0.25, 0.3) is 5.69 Å². The molecule has 0 atom stereocenters. The van der Waals surface area contributed by atoms with Gasteiger partial charge >= 0.3 is 5.97 Å². The molecule has 0 amide bonds. The fourth-order valence-electron chi connectivity index (χ4n) is 1.75. The summed E-state index contributed by atoms with van der Waals surface area (Å²) in [6.45, 7) is 1.47. The molecule has 7 nitrogen and oxygen atoms in total. The third-order valence-corrected chi connectivity index (χ3v) is 3.50. The molecule has 1 rings (SSSR count). The summed E-state index contributed by atoms with van der Waals surface area (Å²) in [6.07, 6.45) is 0.226. The third-order valence-electron chi connectivity index (χ3n) is 2.86. The summed E-state index contributed by atoms with van der Waals surface area (Å²) in [7, 11) is 2.92. The lowest BCUT2D eigenvalue weighted by atomic mass is 10.2. The Balaban J connectivity index is 2.91. The standard InChI is InChI=1S/C13H17BrN2O5/c1-20-8-7-15(6-5-13(17)21-2)12-4-3-10(16(18)19)9-11(12)14/h3-4,9H,5-8H2,1-2H3. The Labute approximate surface area is 131 Å². The van der Waals surface area contributed by atoms with E-state index >= 15 is 0 Å². The van der Waals surface area contributed by atoms with Crippen molar-refractivity contribution in [3.05, 3.63) is 32.8 Å². The van der Waals surface area contributed by atoms with Crippen molar-refractivity contribution >= 4 is 33.3 Å². The molecule has 0 bridgehead atoms. The number of ether oxygens (including phenoxy) is 2. The first-order chi connectivity index (χ1) is 9.99. The number of nitrogens with zero attached hydrogens (tertiary/aromatic N) is 2. The van der Waals surface area contributed by atoms with E-state index in [1.807, 2.05) is 4.90 Å². The number of non-ortho nitro benzene ring substituents is 1. The molecule has 21 heavy (non-hydrogen) atoms. The van der Waals surface area contributed by atoms with Gasteiger partial charge < -0.3 is 14.4 Å². The molecule has 0 N–H and O–H groups in total. The van der Waals surface area contributed by atoms with E-state index in [0.29, 0.717) is 24.2 Å². The number of hydrogen-bond acceptors (Lipinski definition) is 6. The summed E-state index contributed by atoms with van der Waals surface area (Å²) in [4.78, 5) is 23.5. The lowest BCUT2D eigenvalue weighted by molar-refractivity contribution is -0.384. The van der Waals surface area contributed by atoms with E-state index in [4.69, 9.17) is 4.74 Å². The molecule has 8 heteroatoms. The van der Waals surface area contributed by atoms with Crippen molar-refractivity contribution in [2.24, 2.45) is 0 Å². The van der Waals surface area contributed by atoms with E-state index in [9.17, 15) is 14.9 Å². The topological polar surface area (TPSA) is 81.9 Å². The van der Waals surface area contributed by atoms with Crippen LogP contribution < -0.4 is 4.90 Å². The third kappa shape index (κ3) is 5.31. The zero-order valence-electron chi connectivity index (χ0n) is 11.9. The van der Waals surface area contributed by atoms with Gasteiger partial charge in [0.1, 0.15) is 0 Å². The second-order valence-electron chi connectivity index (χ2n) is 4.20. The Kier molecular flexibility index (Phi) is 7.10. The zero-order chi connectivity index (χ0) is 15.8. The molecule has 0 heterocycles. The molecule has 116 valence electrons. The molecule has 0 saturated carbocycles. The Hall–Kier alpha value is -1.67. The molecule has 0 unspecified atom stereocenters. The minimum absolute atomic E-state index is 0.00489. The predicted molar refractivity (Wildman–Crippen MR) is 81.5 cm³/mol. The molecule has 0 aromatic heterocycles. The molecule has 0 aliphatic heterocycles. The SMILES string of the molecule is COCCN(CCC(=O)OC)c1ccc([N+](=O)[O-])cc1Br. The summed E-state index contributed by atoms with van der Waals surface area (Å²) in [5, 5.41) is 10.8. The summed E-state index contributed by atoms with van der Waals surface area (Å²) in [5.41, 5.74) is 0.770. The number of benzene rings is 1. The van der Waals surface area contributed by atoms with E-state index in [1.54, 1.807) is 13.2 Å². The van der Waals surface area contributed by atoms with Crippen LogP contribution >= 0.6 is 15.9 Å². The van der Waals surface area contributed by atoms with Gasteiger partial charge in [-0.05, 0) is 22.0 Å². The van der Waals surface area contributed by atoms with Gasteiger partial charge in [-0.1, -0.05) is 0 Å². The highest BCUT2D eigenvalue weighted by molar-refractivity contribution is 9.10. The largest absolute Gasteiger partial charge is 0.469 e. The van der Waals surface area contributed by atoms with Gasteiger partial charge in [0, 0.05) is 36.8 Å². The van der Waals surface area contributed by atoms with Crippen molar-refractivity contribution in [1.29, 1.82) is 0 Å². The van der Waals surface area contributed by atoms with Crippen LogP contribution in [0.15, 0.2) is 22.7 Å². The Morgan fingerprint density at radius 3 is 2.62 bits per heavy atom. The maximum Gasteiger partial charge on any atom is 0.307 e. The first-order valence-electron chi connectivity index (χ1n) is 6.24. The lowest BCUT2D eigenvalue weighted by Gasteiger charge is -2.25. The van der Waals surface area contributed by atoms with Gasteiger partial charge in [-0.15, -0.1) is 0 Å². The molecule has 0 radical (unpaired) electrons. The fourth-order valence-corrected chi connectivity index (χ4v) is 2.37. The van der Waals surface area contributed by atoms with Crippen LogP contribution in [0, 0.1) is 10.1 Å². The summed E-state index contributed by atoms with van der Waals surface area (Å²) < 4.78 is 10.3. The van der Waals surface area contributed by atoms with Crippen molar-refractivity contribution in [2.45, 2.75) is 6.42 Å². The lowest BCUT2D eigenvalue weighted by Crippen LogP contribution is -2.30. The number of nitro benzene ring substituents is 1. The van der Waals surface area contributed by atoms with Crippen LogP contribution in [0.25, 0.3) is 0 Å². The van der Waals surface area contributed by atoms with E-state index in [-0.39, 0.29) is 18.1 Å². The van der Waals surface area contributed by atoms with Crippen molar-refractivity contribution in [3.63, 3.8) is 0 Å². The van der Waals surface area contributed by atoms with E-state index < -0.39 is 4.92 Å². The fraction of sp³-hybridized carbons (Fsp3) is 0.462. The second kappa shape index (κ2) is 8.58. The normalized spacial score (nSPS) is 10.2.